The topological polar surface area (TPSA) is 128 Å². The molecule has 0 spiro atoms. The number of nitrogens with one attached hydrogen (secondary N) is 2. The molecule has 2 saturated heterocycles. The molecule has 0 aromatic rings. The molecule has 0 aliphatic carbocycles. The molecule has 10 heteroatoms. The molecule has 2 aliphatic rings. The summed E-state index contributed by atoms with van der Waals surface area (Å²) >= 11 is 0. The molecule has 4 amide bonds. The second-order valence-electron chi connectivity index (χ2n) is 6.50. The molecule has 0 saturated carbocycles. The molecular weight excluding hydrogens is 320 g/mol. The summed E-state index contributed by atoms with van der Waals surface area (Å²) in [7, 11) is 3.04. The summed E-state index contributed by atoms with van der Waals surface area (Å²) in [6.07, 6.45) is 0. The predicted molar refractivity (Wildman–Crippen MR) is 83.4 cm³/mol. The molecule has 2 heterocycles. The molecule has 2 aliphatic heterocycles. The molecule has 0 aromatic carbocycles. The zero-order valence-electron chi connectivity index (χ0n) is 14.5. The van der Waals surface area contributed by atoms with E-state index in [2.05, 4.69) is 10.6 Å². The number of hydrogen-bond acceptors (Lipinski definition) is 5. The second kappa shape index (κ2) is 7.37. The highest BCUT2D eigenvalue weighted by atomic mass is 16.6. The van der Waals surface area contributed by atoms with E-state index in [1.54, 1.807) is 27.8 Å². The van der Waals surface area contributed by atoms with Crippen LogP contribution in [0.5, 0.6) is 0 Å². The molecule has 0 aromatic heterocycles. The van der Waals surface area contributed by atoms with Crippen LogP contribution in [0.3, 0.4) is 0 Å². The predicted octanol–water partition coefficient (Wildman–Crippen LogP) is -0.554. The number of amides is 4. The largest absolute Gasteiger partial charge is 0.480 e. The fourth-order valence-electron chi connectivity index (χ4n) is 2.04. The van der Waals surface area contributed by atoms with Crippen LogP contribution < -0.4 is 10.6 Å². The number of carboxylic acid groups (broad SMARTS) is 1. The van der Waals surface area contributed by atoms with Crippen LogP contribution in [0.4, 0.5) is 9.59 Å². The second-order valence-corrected chi connectivity index (χ2v) is 6.50. The van der Waals surface area contributed by atoms with Gasteiger partial charge in [-0.15, -0.1) is 0 Å². The number of likely N-dealkylation sites (N-methyl/N-ethyl adjacent to an activating group) is 2. The number of esters is 1. The van der Waals surface area contributed by atoms with Gasteiger partial charge in [0, 0.05) is 14.1 Å². The average Bonchev–Trinajstić information content (AvgIpc) is 2.93. The van der Waals surface area contributed by atoms with E-state index in [-0.39, 0.29) is 24.6 Å². The number of ether oxygens (including phenoxy) is 1. The number of carbonyl (C=O) groups is 4. The minimum Gasteiger partial charge on any atom is -0.480 e. The van der Waals surface area contributed by atoms with Gasteiger partial charge in [0.2, 0.25) is 0 Å². The van der Waals surface area contributed by atoms with E-state index in [1.165, 1.54) is 16.8 Å². The molecule has 0 unspecified atom stereocenters. The highest BCUT2D eigenvalue weighted by molar-refractivity contribution is 5.87. The van der Waals surface area contributed by atoms with E-state index in [4.69, 9.17) is 9.84 Å². The first-order valence-electron chi connectivity index (χ1n) is 7.41. The summed E-state index contributed by atoms with van der Waals surface area (Å²) in [5.74, 6) is -1.33. The van der Waals surface area contributed by atoms with Crippen molar-refractivity contribution < 1.29 is 29.0 Å². The molecule has 2 rings (SSSR count). The van der Waals surface area contributed by atoms with Crippen molar-refractivity contribution in [3.05, 3.63) is 0 Å². The number of hydrogen-bond donors (Lipinski definition) is 3. The van der Waals surface area contributed by atoms with Crippen molar-refractivity contribution in [2.24, 2.45) is 0 Å². The Labute approximate surface area is 140 Å². The lowest BCUT2D eigenvalue weighted by Crippen LogP contribution is -2.40. The Kier molecular flexibility index (Phi) is 5.99. The number of rotatable bonds is 2. The lowest BCUT2D eigenvalue weighted by Gasteiger charge is -2.24. The highest BCUT2D eigenvalue weighted by Gasteiger charge is 2.36. The first kappa shape index (κ1) is 19.5. The maximum atomic E-state index is 11.6. The van der Waals surface area contributed by atoms with Crippen molar-refractivity contribution in [1.82, 2.24) is 20.4 Å². The van der Waals surface area contributed by atoms with E-state index in [1.807, 2.05) is 0 Å². The van der Waals surface area contributed by atoms with Gasteiger partial charge >= 0.3 is 24.0 Å². The third kappa shape index (κ3) is 5.00. The van der Waals surface area contributed by atoms with Crippen LogP contribution in [0.15, 0.2) is 0 Å². The fraction of sp³-hybridized carbons (Fsp3) is 0.714. The summed E-state index contributed by atoms with van der Waals surface area (Å²) in [5, 5.41) is 13.4. The molecule has 24 heavy (non-hydrogen) atoms. The van der Waals surface area contributed by atoms with Crippen molar-refractivity contribution in [1.29, 1.82) is 0 Å². The number of aliphatic carboxylic acids is 1. The van der Waals surface area contributed by atoms with Crippen LogP contribution in [0.2, 0.25) is 0 Å². The highest BCUT2D eigenvalue weighted by Crippen LogP contribution is 2.12. The van der Waals surface area contributed by atoms with Crippen molar-refractivity contribution in [2.45, 2.75) is 38.5 Å². The van der Waals surface area contributed by atoms with E-state index >= 15 is 0 Å². The van der Waals surface area contributed by atoms with Crippen LogP contribution >= 0.6 is 0 Å². The van der Waals surface area contributed by atoms with Crippen molar-refractivity contribution >= 4 is 24.0 Å². The summed E-state index contributed by atoms with van der Waals surface area (Å²) in [6.45, 7) is 5.92. The van der Waals surface area contributed by atoms with Crippen molar-refractivity contribution in [3.8, 4) is 0 Å². The summed E-state index contributed by atoms with van der Waals surface area (Å²) in [5.41, 5.74) is -0.510. The van der Waals surface area contributed by atoms with Gasteiger partial charge in [-0.05, 0) is 20.8 Å². The summed E-state index contributed by atoms with van der Waals surface area (Å²) in [4.78, 5) is 46.1. The van der Waals surface area contributed by atoms with Crippen molar-refractivity contribution in [2.75, 3.05) is 27.2 Å². The lowest BCUT2D eigenvalue weighted by molar-refractivity contribution is -0.158. The van der Waals surface area contributed by atoms with Gasteiger partial charge < -0.3 is 30.3 Å². The molecule has 2 atom stereocenters. The van der Waals surface area contributed by atoms with Crippen LogP contribution in [0, 0.1) is 0 Å². The Morgan fingerprint density at radius 2 is 1.46 bits per heavy atom. The van der Waals surface area contributed by atoms with Gasteiger partial charge in [-0.2, -0.15) is 0 Å². The van der Waals surface area contributed by atoms with Crippen LogP contribution in [0.25, 0.3) is 0 Å². The Morgan fingerprint density at radius 1 is 1.04 bits per heavy atom. The van der Waals surface area contributed by atoms with E-state index in [0.717, 1.165) is 0 Å². The van der Waals surface area contributed by atoms with Gasteiger partial charge in [0.1, 0.15) is 17.7 Å². The third-order valence-electron chi connectivity index (χ3n) is 3.43. The third-order valence-corrected chi connectivity index (χ3v) is 3.43. The smallest absolute Gasteiger partial charge is 0.331 e. The zero-order chi connectivity index (χ0) is 18.7. The lowest BCUT2D eigenvalue weighted by atomic mass is 10.2. The maximum absolute atomic E-state index is 11.6. The number of carboxylic acids is 1. The van der Waals surface area contributed by atoms with Gasteiger partial charge in [0.25, 0.3) is 0 Å². The minimum atomic E-state index is -0.971. The maximum Gasteiger partial charge on any atom is 0.331 e. The zero-order valence-corrected chi connectivity index (χ0v) is 14.5. The van der Waals surface area contributed by atoms with E-state index in [0.29, 0.717) is 6.54 Å². The Bertz CT molecular complexity index is 530. The molecule has 3 N–H and O–H groups in total. The first-order chi connectivity index (χ1) is 10.9. The number of nitrogens with zero attached hydrogens (tertiary/aromatic N) is 2. The average molecular weight is 344 g/mol. The molecule has 10 nitrogen and oxygen atoms in total. The summed E-state index contributed by atoms with van der Waals surface area (Å²) in [6, 6.07) is -1.76. The standard InChI is InChI=1S/C9H16N2O3.C5H8N2O3/c1-9(2,3)14-7(12)6-5-10-8(13)11(6)4;1-7-3(4(8)9)2-6-5(7)10/h6H,5H2,1-4H3,(H,10,13);3H,2H2,1H3,(H,6,10)(H,8,9)/t6-;3-/m11/s1. The molecule has 0 radical (unpaired) electrons. The fourth-order valence-corrected chi connectivity index (χ4v) is 2.04. The molecule has 0 bridgehead atoms. The van der Waals surface area contributed by atoms with Gasteiger partial charge in [0.05, 0.1) is 13.1 Å². The Balaban J connectivity index is 0.000000254. The van der Waals surface area contributed by atoms with E-state index in [9.17, 15) is 19.2 Å². The monoisotopic (exact) mass is 344 g/mol. The number of urea groups is 2. The van der Waals surface area contributed by atoms with Crippen LogP contribution in [-0.2, 0) is 14.3 Å². The SMILES string of the molecule is CN1C(=O)NC[C@@H]1C(=O)O.CN1C(=O)NC[C@@H]1C(=O)OC(C)(C)C. The van der Waals surface area contributed by atoms with E-state index < -0.39 is 23.7 Å². The normalized spacial score (nSPS) is 23.2. The summed E-state index contributed by atoms with van der Waals surface area (Å²) < 4.78 is 5.17. The van der Waals surface area contributed by atoms with Gasteiger partial charge in [0.15, 0.2) is 0 Å². The quantitative estimate of drug-likeness (QED) is 0.576. The van der Waals surface area contributed by atoms with Gasteiger partial charge in [-0.1, -0.05) is 0 Å². The Morgan fingerprint density at radius 3 is 1.71 bits per heavy atom. The minimum absolute atomic E-state index is 0.199. The van der Waals surface area contributed by atoms with Crippen molar-refractivity contribution in [3.63, 3.8) is 0 Å². The number of carbonyl (C=O) groups excluding carboxylic acids is 3. The van der Waals surface area contributed by atoms with Crippen LogP contribution in [0.1, 0.15) is 20.8 Å². The molecule has 136 valence electrons. The van der Waals surface area contributed by atoms with Gasteiger partial charge in [-0.3, -0.25) is 0 Å². The first-order valence-corrected chi connectivity index (χ1v) is 7.41. The molecule has 2 fully saturated rings. The van der Waals surface area contributed by atoms with Crippen LogP contribution in [-0.4, -0.2) is 83.8 Å². The van der Waals surface area contributed by atoms with Gasteiger partial charge in [-0.25, -0.2) is 19.2 Å². The molecular formula is C14H24N4O6. The Hall–Kier alpha value is -2.52.